The van der Waals surface area contributed by atoms with Gasteiger partial charge in [-0.2, -0.15) is 0 Å². The van der Waals surface area contributed by atoms with Crippen LogP contribution < -0.4 is 0 Å². The third-order valence-corrected chi connectivity index (χ3v) is 1.95. The second kappa shape index (κ2) is 2.68. The van der Waals surface area contributed by atoms with E-state index >= 15 is 0 Å². The van der Waals surface area contributed by atoms with E-state index in [9.17, 15) is 0 Å². The third kappa shape index (κ3) is 1.06. The zero-order chi connectivity index (χ0) is 7.68. The first kappa shape index (κ1) is 6.88. The fourth-order valence-electron chi connectivity index (χ4n) is 1.35. The maximum absolute atomic E-state index is 5.42. The van der Waals surface area contributed by atoms with Gasteiger partial charge in [-0.05, 0) is 12.2 Å². The van der Waals surface area contributed by atoms with Gasteiger partial charge in [0.1, 0.15) is 0 Å². The molecular formula is C8H11NO2. The molecule has 3 heteroatoms. The van der Waals surface area contributed by atoms with Gasteiger partial charge in [-0.1, -0.05) is 6.08 Å². The van der Waals surface area contributed by atoms with Gasteiger partial charge in [0.25, 0.3) is 0 Å². The van der Waals surface area contributed by atoms with Gasteiger partial charge in [0.05, 0.1) is 6.61 Å². The molecule has 0 saturated carbocycles. The van der Waals surface area contributed by atoms with Crippen LogP contribution in [0.15, 0.2) is 24.4 Å². The topological polar surface area (TPSA) is 21.7 Å². The molecule has 0 amide bonds. The first-order valence-electron chi connectivity index (χ1n) is 3.68. The number of nitrogens with zero attached hydrogens (tertiary/aromatic N) is 1. The highest BCUT2D eigenvalue weighted by Crippen LogP contribution is 2.21. The Labute approximate surface area is 65.9 Å². The first-order chi connectivity index (χ1) is 5.42. The maximum Gasteiger partial charge on any atom is 0.155 e. The van der Waals surface area contributed by atoms with Crippen LogP contribution in [0.1, 0.15) is 0 Å². The Hall–Kier alpha value is -0.800. The summed E-state index contributed by atoms with van der Waals surface area (Å²) in [6, 6.07) is 0. The van der Waals surface area contributed by atoms with Crippen LogP contribution in [-0.4, -0.2) is 31.1 Å². The van der Waals surface area contributed by atoms with Crippen LogP contribution in [0, 0.1) is 0 Å². The molecule has 2 heterocycles. The Balaban J connectivity index is 2.13. The van der Waals surface area contributed by atoms with Gasteiger partial charge in [0.15, 0.2) is 12.5 Å². The largest absolute Gasteiger partial charge is 0.359 e. The molecule has 2 aliphatic heterocycles. The van der Waals surface area contributed by atoms with Crippen molar-refractivity contribution in [1.82, 2.24) is 4.90 Å². The van der Waals surface area contributed by atoms with Crippen molar-refractivity contribution in [2.45, 2.75) is 12.5 Å². The monoisotopic (exact) mass is 153 g/mol. The molecule has 0 aliphatic carbocycles. The lowest BCUT2D eigenvalue weighted by Gasteiger charge is -2.24. The zero-order valence-corrected chi connectivity index (χ0v) is 6.43. The number of fused-ring (bicyclic) bond motifs is 1. The summed E-state index contributed by atoms with van der Waals surface area (Å²) in [7, 11) is 1.70. The normalized spacial score (nSPS) is 34.5. The number of hydrogen-bond donors (Lipinski definition) is 0. The van der Waals surface area contributed by atoms with E-state index in [4.69, 9.17) is 9.47 Å². The Kier molecular flexibility index (Phi) is 1.68. The van der Waals surface area contributed by atoms with E-state index in [1.54, 1.807) is 7.11 Å². The SMILES string of the molecule is COC1COC2C=CC=CN21. The summed E-state index contributed by atoms with van der Waals surface area (Å²) in [5, 5.41) is 0. The molecule has 0 bridgehead atoms. The van der Waals surface area contributed by atoms with Crippen molar-refractivity contribution in [2.75, 3.05) is 13.7 Å². The number of hydrogen-bond acceptors (Lipinski definition) is 3. The van der Waals surface area contributed by atoms with Gasteiger partial charge in [-0.15, -0.1) is 0 Å². The fraction of sp³-hybridized carbons (Fsp3) is 0.500. The predicted molar refractivity (Wildman–Crippen MR) is 40.7 cm³/mol. The fourth-order valence-corrected chi connectivity index (χ4v) is 1.35. The molecule has 1 fully saturated rings. The second-order valence-electron chi connectivity index (χ2n) is 2.59. The van der Waals surface area contributed by atoms with E-state index in [0.717, 1.165) is 0 Å². The molecule has 2 aliphatic rings. The van der Waals surface area contributed by atoms with Crippen molar-refractivity contribution in [2.24, 2.45) is 0 Å². The minimum atomic E-state index is 0.0844. The van der Waals surface area contributed by atoms with Crippen molar-refractivity contribution < 1.29 is 9.47 Å². The lowest BCUT2D eigenvalue weighted by molar-refractivity contribution is 0.0221. The number of allylic oxidation sites excluding steroid dienone is 2. The van der Waals surface area contributed by atoms with E-state index in [2.05, 4.69) is 4.90 Å². The van der Waals surface area contributed by atoms with E-state index < -0.39 is 0 Å². The van der Waals surface area contributed by atoms with Crippen LogP contribution in [0.5, 0.6) is 0 Å². The molecule has 0 spiro atoms. The smallest absolute Gasteiger partial charge is 0.155 e. The molecule has 0 radical (unpaired) electrons. The highest BCUT2D eigenvalue weighted by atomic mass is 16.6. The number of ether oxygens (including phenoxy) is 2. The Morgan fingerprint density at radius 2 is 2.45 bits per heavy atom. The lowest BCUT2D eigenvalue weighted by Crippen LogP contribution is -2.33. The molecule has 11 heavy (non-hydrogen) atoms. The standard InChI is InChI=1S/C8H11NO2/c1-10-8-6-11-7-4-2-3-5-9(7)8/h2-5,7-8H,6H2,1H3. The summed E-state index contributed by atoms with van der Waals surface area (Å²) in [5.74, 6) is 0. The van der Waals surface area contributed by atoms with Gasteiger partial charge in [-0.3, -0.25) is 0 Å². The summed E-state index contributed by atoms with van der Waals surface area (Å²) >= 11 is 0. The Morgan fingerprint density at radius 3 is 3.27 bits per heavy atom. The number of rotatable bonds is 1. The molecule has 0 aromatic heterocycles. The van der Waals surface area contributed by atoms with Gasteiger partial charge in [-0.25, -0.2) is 0 Å². The van der Waals surface area contributed by atoms with E-state index in [1.165, 1.54) is 0 Å². The van der Waals surface area contributed by atoms with Gasteiger partial charge < -0.3 is 14.4 Å². The molecule has 0 N–H and O–H groups in total. The summed E-state index contributed by atoms with van der Waals surface area (Å²) in [6.07, 6.45) is 8.15. The van der Waals surface area contributed by atoms with Crippen LogP contribution in [-0.2, 0) is 9.47 Å². The number of methoxy groups -OCH3 is 1. The van der Waals surface area contributed by atoms with Crippen molar-refractivity contribution in [3.05, 3.63) is 24.4 Å². The van der Waals surface area contributed by atoms with Crippen LogP contribution in [0.3, 0.4) is 0 Å². The minimum Gasteiger partial charge on any atom is -0.359 e. The molecule has 60 valence electrons. The zero-order valence-electron chi connectivity index (χ0n) is 6.43. The highest BCUT2D eigenvalue weighted by Gasteiger charge is 2.30. The van der Waals surface area contributed by atoms with Crippen molar-refractivity contribution >= 4 is 0 Å². The molecule has 2 rings (SSSR count). The summed E-state index contributed by atoms with van der Waals surface area (Å²) in [4.78, 5) is 2.06. The van der Waals surface area contributed by atoms with E-state index in [0.29, 0.717) is 6.61 Å². The van der Waals surface area contributed by atoms with Crippen molar-refractivity contribution in [3.63, 3.8) is 0 Å². The molecular weight excluding hydrogens is 142 g/mol. The van der Waals surface area contributed by atoms with Gasteiger partial charge >= 0.3 is 0 Å². The van der Waals surface area contributed by atoms with Crippen LogP contribution in [0.4, 0.5) is 0 Å². The molecule has 2 unspecified atom stereocenters. The van der Waals surface area contributed by atoms with E-state index in [-0.39, 0.29) is 12.5 Å². The Bertz CT molecular complexity index is 200. The summed E-state index contributed by atoms with van der Waals surface area (Å²) in [5.41, 5.74) is 0. The maximum atomic E-state index is 5.42. The first-order valence-corrected chi connectivity index (χ1v) is 3.68. The quantitative estimate of drug-likeness (QED) is 0.553. The minimum absolute atomic E-state index is 0.0844. The molecule has 1 saturated heterocycles. The van der Waals surface area contributed by atoms with Gasteiger partial charge in [0, 0.05) is 13.3 Å². The molecule has 0 aromatic rings. The van der Waals surface area contributed by atoms with Crippen molar-refractivity contribution in [1.29, 1.82) is 0 Å². The average Bonchev–Trinajstić information content (AvgIpc) is 2.47. The van der Waals surface area contributed by atoms with Gasteiger partial charge in [0.2, 0.25) is 0 Å². The average molecular weight is 153 g/mol. The van der Waals surface area contributed by atoms with Crippen molar-refractivity contribution in [3.8, 4) is 0 Å². The highest BCUT2D eigenvalue weighted by molar-refractivity contribution is 5.12. The summed E-state index contributed by atoms with van der Waals surface area (Å²) in [6.45, 7) is 0.649. The van der Waals surface area contributed by atoms with Crippen LogP contribution in [0.25, 0.3) is 0 Å². The molecule has 3 nitrogen and oxygen atoms in total. The van der Waals surface area contributed by atoms with Crippen LogP contribution in [0.2, 0.25) is 0 Å². The second-order valence-corrected chi connectivity index (χ2v) is 2.59. The molecule has 0 aromatic carbocycles. The lowest BCUT2D eigenvalue weighted by atomic mass is 10.3. The third-order valence-electron chi connectivity index (χ3n) is 1.95. The Morgan fingerprint density at radius 1 is 1.55 bits per heavy atom. The predicted octanol–water partition coefficient (Wildman–Crippen LogP) is 0.701. The van der Waals surface area contributed by atoms with Crippen LogP contribution >= 0.6 is 0 Å². The molecule has 2 atom stereocenters. The summed E-state index contributed by atoms with van der Waals surface area (Å²) < 4.78 is 10.6. The van der Waals surface area contributed by atoms with E-state index in [1.807, 2.05) is 24.4 Å².